The van der Waals surface area contributed by atoms with Crippen molar-refractivity contribution in [3.8, 4) is 5.75 Å². The Kier molecular flexibility index (Phi) is 6.07. The van der Waals surface area contributed by atoms with Crippen molar-refractivity contribution in [1.82, 2.24) is 10.2 Å². The fourth-order valence-electron chi connectivity index (χ4n) is 3.27. The van der Waals surface area contributed by atoms with Crippen LogP contribution in [0.3, 0.4) is 0 Å². The Morgan fingerprint density at radius 1 is 1.24 bits per heavy atom. The summed E-state index contributed by atoms with van der Waals surface area (Å²) >= 11 is 0. The number of methoxy groups -OCH3 is 1. The van der Waals surface area contributed by atoms with Gasteiger partial charge in [-0.1, -0.05) is 12.1 Å². The summed E-state index contributed by atoms with van der Waals surface area (Å²) in [7, 11) is 1.74. The van der Waals surface area contributed by atoms with Crippen LogP contribution in [0, 0.1) is 5.92 Å². The van der Waals surface area contributed by atoms with Crippen LogP contribution >= 0.6 is 0 Å². The van der Waals surface area contributed by atoms with E-state index in [4.69, 9.17) is 4.74 Å². The predicted octanol–water partition coefficient (Wildman–Crippen LogP) is 3.47. The highest BCUT2D eigenvalue weighted by molar-refractivity contribution is 5.30. The molecule has 1 aliphatic heterocycles. The molecule has 2 rings (SSSR count). The topological polar surface area (TPSA) is 24.5 Å². The van der Waals surface area contributed by atoms with E-state index in [9.17, 15) is 0 Å². The number of hydrogen-bond acceptors (Lipinski definition) is 3. The van der Waals surface area contributed by atoms with Crippen LogP contribution in [0.5, 0.6) is 5.75 Å². The van der Waals surface area contributed by atoms with Crippen molar-refractivity contribution in [2.75, 3.05) is 26.7 Å². The van der Waals surface area contributed by atoms with Crippen molar-refractivity contribution in [2.45, 2.75) is 45.7 Å². The smallest absolute Gasteiger partial charge is 0.119 e. The molecule has 1 aromatic rings. The number of rotatable bonds is 6. The molecule has 0 aromatic heterocycles. The van der Waals surface area contributed by atoms with Crippen molar-refractivity contribution < 1.29 is 4.74 Å². The zero-order chi connectivity index (χ0) is 15.2. The van der Waals surface area contributed by atoms with E-state index in [1.54, 1.807) is 7.11 Å². The summed E-state index contributed by atoms with van der Waals surface area (Å²) in [6.45, 7) is 10.5. The van der Waals surface area contributed by atoms with Crippen LogP contribution in [0.15, 0.2) is 24.3 Å². The molecule has 0 amide bonds. The highest BCUT2D eigenvalue weighted by atomic mass is 16.5. The Hall–Kier alpha value is -1.06. The van der Waals surface area contributed by atoms with Gasteiger partial charge in [0.15, 0.2) is 0 Å². The molecule has 118 valence electrons. The zero-order valence-electron chi connectivity index (χ0n) is 13.9. The number of piperidine rings is 1. The fraction of sp³-hybridized carbons (Fsp3) is 0.667. The van der Waals surface area contributed by atoms with Crippen molar-refractivity contribution >= 4 is 0 Å². The van der Waals surface area contributed by atoms with E-state index in [1.807, 2.05) is 6.07 Å². The number of benzene rings is 1. The normalized spacial score (nSPS) is 18.2. The Labute approximate surface area is 129 Å². The first-order valence-electron chi connectivity index (χ1n) is 8.22. The molecule has 1 saturated heterocycles. The van der Waals surface area contributed by atoms with Gasteiger partial charge in [-0.05, 0) is 70.3 Å². The van der Waals surface area contributed by atoms with E-state index in [-0.39, 0.29) is 0 Å². The van der Waals surface area contributed by atoms with Gasteiger partial charge in [0.05, 0.1) is 7.11 Å². The summed E-state index contributed by atoms with van der Waals surface area (Å²) in [5.41, 5.74) is 1.34. The second-order valence-electron chi connectivity index (χ2n) is 6.44. The quantitative estimate of drug-likeness (QED) is 0.868. The van der Waals surface area contributed by atoms with Gasteiger partial charge in [-0.2, -0.15) is 0 Å². The molecule has 3 heteroatoms. The minimum Gasteiger partial charge on any atom is -0.497 e. The van der Waals surface area contributed by atoms with E-state index in [0.717, 1.165) is 11.7 Å². The van der Waals surface area contributed by atoms with Crippen LogP contribution in [0.2, 0.25) is 0 Å². The van der Waals surface area contributed by atoms with Crippen LogP contribution in [-0.2, 0) is 0 Å². The fourth-order valence-corrected chi connectivity index (χ4v) is 3.27. The molecule has 1 aliphatic rings. The van der Waals surface area contributed by atoms with Crippen LogP contribution in [-0.4, -0.2) is 37.7 Å². The Bertz CT molecular complexity index is 427. The van der Waals surface area contributed by atoms with Gasteiger partial charge >= 0.3 is 0 Å². The van der Waals surface area contributed by atoms with E-state index in [2.05, 4.69) is 49.2 Å². The van der Waals surface area contributed by atoms with Crippen molar-refractivity contribution in [3.05, 3.63) is 29.8 Å². The van der Waals surface area contributed by atoms with E-state index < -0.39 is 0 Å². The third-order valence-electron chi connectivity index (χ3n) is 4.66. The SMILES string of the molecule is COc1cccc(C(C)N(CC2CCNCC2)C(C)C)c1. The monoisotopic (exact) mass is 290 g/mol. The van der Waals surface area contributed by atoms with Crippen LogP contribution in [0.4, 0.5) is 0 Å². The average molecular weight is 290 g/mol. The standard InChI is InChI=1S/C18H30N2O/c1-14(2)20(13-16-8-10-19-11-9-16)15(3)17-6-5-7-18(12-17)21-4/h5-7,12,14-16,19H,8-11,13H2,1-4H3. The number of nitrogens with zero attached hydrogens (tertiary/aromatic N) is 1. The summed E-state index contributed by atoms with van der Waals surface area (Å²) < 4.78 is 5.37. The first kappa shape index (κ1) is 16.3. The van der Waals surface area contributed by atoms with Crippen molar-refractivity contribution in [1.29, 1.82) is 0 Å². The lowest BCUT2D eigenvalue weighted by Crippen LogP contribution is -2.40. The summed E-state index contributed by atoms with van der Waals surface area (Å²) in [6, 6.07) is 9.47. The molecule has 1 fully saturated rings. The number of ether oxygens (including phenoxy) is 1. The maximum Gasteiger partial charge on any atom is 0.119 e. The molecule has 1 unspecified atom stereocenters. The Morgan fingerprint density at radius 2 is 1.95 bits per heavy atom. The van der Waals surface area contributed by atoms with Gasteiger partial charge in [0.1, 0.15) is 5.75 Å². The lowest BCUT2D eigenvalue weighted by Gasteiger charge is -2.37. The maximum absolute atomic E-state index is 5.37. The molecule has 0 spiro atoms. The largest absolute Gasteiger partial charge is 0.497 e. The first-order valence-corrected chi connectivity index (χ1v) is 8.22. The molecule has 1 aromatic carbocycles. The molecule has 1 N–H and O–H groups in total. The van der Waals surface area contributed by atoms with Gasteiger partial charge in [-0.25, -0.2) is 0 Å². The minimum atomic E-state index is 0.426. The van der Waals surface area contributed by atoms with Crippen LogP contribution in [0.25, 0.3) is 0 Å². The van der Waals surface area contributed by atoms with Gasteiger partial charge in [0, 0.05) is 18.6 Å². The second kappa shape index (κ2) is 7.81. The zero-order valence-corrected chi connectivity index (χ0v) is 13.9. The van der Waals surface area contributed by atoms with Crippen LogP contribution < -0.4 is 10.1 Å². The third-order valence-corrected chi connectivity index (χ3v) is 4.66. The average Bonchev–Trinajstić information content (AvgIpc) is 2.52. The van der Waals surface area contributed by atoms with E-state index in [1.165, 1.54) is 38.0 Å². The molecule has 1 atom stereocenters. The van der Waals surface area contributed by atoms with Gasteiger partial charge in [0.2, 0.25) is 0 Å². The minimum absolute atomic E-state index is 0.426. The van der Waals surface area contributed by atoms with E-state index >= 15 is 0 Å². The highest BCUT2D eigenvalue weighted by Crippen LogP contribution is 2.27. The molecule has 0 bridgehead atoms. The molecule has 0 saturated carbocycles. The molecule has 3 nitrogen and oxygen atoms in total. The second-order valence-corrected chi connectivity index (χ2v) is 6.44. The molecule has 0 aliphatic carbocycles. The highest BCUT2D eigenvalue weighted by Gasteiger charge is 2.23. The molecule has 21 heavy (non-hydrogen) atoms. The Balaban J connectivity index is 2.08. The molecular formula is C18H30N2O. The number of hydrogen-bond donors (Lipinski definition) is 1. The van der Waals surface area contributed by atoms with Gasteiger partial charge < -0.3 is 10.1 Å². The number of nitrogens with one attached hydrogen (secondary N) is 1. The first-order chi connectivity index (χ1) is 10.1. The molecule has 0 radical (unpaired) electrons. The summed E-state index contributed by atoms with van der Waals surface area (Å²) in [5, 5.41) is 3.46. The lowest BCUT2D eigenvalue weighted by molar-refractivity contribution is 0.125. The van der Waals surface area contributed by atoms with E-state index in [0.29, 0.717) is 12.1 Å². The Morgan fingerprint density at radius 3 is 2.57 bits per heavy atom. The maximum atomic E-state index is 5.37. The van der Waals surface area contributed by atoms with Gasteiger partial charge in [-0.3, -0.25) is 4.90 Å². The predicted molar refractivity (Wildman–Crippen MR) is 88.8 cm³/mol. The molecular weight excluding hydrogens is 260 g/mol. The van der Waals surface area contributed by atoms with Crippen molar-refractivity contribution in [3.63, 3.8) is 0 Å². The molecule has 1 heterocycles. The van der Waals surface area contributed by atoms with Gasteiger partial charge in [0.25, 0.3) is 0 Å². The third kappa shape index (κ3) is 4.45. The lowest BCUT2D eigenvalue weighted by atomic mass is 9.95. The van der Waals surface area contributed by atoms with Gasteiger partial charge in [-0.15, -0.1) is 0 Å². The summed E-state index contributed by atoms with van der Waals surface area (Å²) in [6.07, 6.45) is 2.60. The van der Waals surface area contributed by atoms with Crippen molar-refractivity contribution in [2.24, 2.45) is 5.92 Å². The summed E-state index contributed by atoms with van der Waals surface area (Å²) in [5.74, 6) is 1.77. The summed E-state index contributed by atoms with van der Waals surface area (Å²) in [4.78, 5) is 2.63. The van der Waals surface area contributed by atoms with Crippen LogP contribution in [0.1, 0.15) is 45.2 Å².